The van der Waals surface area contributed by atoms with E-state index in [2.05, 4.69) is 27.1 Å². The summed E-state index contributed by atoms with van der Waals surface area (Å²) in [4.78, 5) is 17.1. The quantitative estimate of drug-likeness (QED) is 0.197. The molecule has 0 atom stereocenters. The first kappa shape index (κ1) is 25.0. The summed E-state index contributed by atoms with van der Waals surface area (Å²) in [6, 6.07) is 13.6. The fourth-order valence-corrected chi connectivity index (χ4v) is 4.79. The van der Waals surface area contributed by atoms with Gasteiger partial charge in [-0.25, -0.2) is 4.98 Å². The van der Waals surface area contributed by atoms with Gasteiger partial charge in [0.05, 0.1) is 11.4 Å². The molecular formula is C25H24ClN5O2S2. The maximum Gasteiger partial charge on any atom is 0.236 e. The number of carbonyl (C=O) groups excluding carboxylic acids is 1. The molecule has 2 aromatic heterocycles. The SMILES string of the molecule is C=CCn1c(COc2ccc(Cl)c(C)c2)nnc1SCC(=O)Nc1nc(-c2ccc(C)cc2)cs1. The zero-order chi connectivity index (χ0) is 24.8. The molecule has 1 amide bonds. The highest BCUT2D eigenvalue weighted by molar-refractivity contribution is 7.99. The molecular weight excluding hydrogens is 502 g/mol. The molecule has 0 aliphatic rings. The van der Waals surface area contributed by atoms with Crippen molar-refractivity contribution in [1.82, 2.24) is 19.7 Å². The number of thioether (sulfide) groups is 1. The number of anilines is 1. The number of benzene rings is 2. The third-order valence-corrected chi connectivity index (χ3v) is 7.18. The van der Waals surface area contributed by atoms with Crippen LogP contribution in [0.5, 0.6) is 5.75 Å². The summed E-state index contributed by atoms with van der Waals surface area (Å²) < 4.78 is 7.75. The van der Waals surface area contributed by atoms with Crippen LogP contribution in [0.25, 0.3) is 11.3 Å². The number of hydrogen-bond donors (Lipinski definition) is 1. The number of aromatic nitrogens is 4. The molecule has 0 saturated carbocycles. The molecule has 2 heterocycles. The summed E-state index contributed by atoms with van der Waals surface area (Å²) in [5, 5.41) is 15.2. The lowest BCUT2D eigenvalue weighted by Crippen LogP contribution is -2.15. The zero-order valence-corrected chi connectivity index (χ0v) is 21.7. The minimum absolute atomic E-state index is 0.164. The number of nitrogens with one attached hydrogen (secondary N) is 1. The van der Waals surface area contributed by atoms with Gasteiger partial charge in [-0.15, -0.1) is 28.1 Å². The monoisotopic (exact) mass is 525 g/mol. The van der Waals surface area contributed by atoms with Crippen LogP contribution < -0.4 is 10.1 Å². The highest BCUT2D eigenvalue weighted by Crippen LogP contribution is 2.26. The number of rotatable bonds is 10. The molecule has 180 valence electrons. The van der Waals surface area contributed by atoms with Crippen molar-refractivity contribution in [3.8, 4) is 17.0 Å². The summed E-state index contributed by atoms with van der Waals surface area (Å²) in [6.45, 7) is 8.51. The maximum absolute atomic E-state index is 12.5. The minimum Gasteiger partial charge on any atom is -0.486 e. The standard InChI is InChI=1S/C25H24ClN5O2S2/c1-4-11-31-22(13-33-19-9-10-20(26)17(3)12-19)29-30-25(31)35-15-23(32)28-24-27-21(14-34-24)18-7-5-16(2)6-8-18/h4-10,12,14H,1,11,13,15H2,2-3H3,(H,27,28,32). The smallest absolute Gasteiger partial charge is 0.236 e. The predicted octanol–water partition coefficient (Wildman–Crippen LogP) is 6.17. The number of aryl methyl sites for hydroxylation is 2. The molecule has 1 N–H and O–H groups in total. The molecule has 0 unspecified atom stereocenters. The molecule has 10 heteroatoms. The highest BCUT2D eigenvalue weighted by Gasteiger charge is 2.15. The van der Waals surface area contributed by atoms with Gasteiger partial charge in [0.2, 0.25) is 5.91 Å². The van der Waals surface area contributed by atoms with Gasteiger partial charge in [0.1, 0.15) is 12.4 Å². The van der Waals surface area contributed by atoms with E-state index < -0.39 is 0 Å². The largest absolute Gasteiger partial charge is 0.486 e. The Morgan fingerprint density at radius 1 is 1.23 bits per heavy atom. The second-order valence-electron chi connectivity index (χ2n) is 7.74. The van der Waals surface area contributed by atoms with Gasteiger partial charge in [-0.2, -0.15) is 0 Å². The van der Waals surface area contributed by atoms with Gasteiger partial charge in [-0.3, -0.25) is 9.36 Å². The Bertz CT molecular complexity index is 1330. The average Bonchev–Trinajstić information content (AvgIpc) is 3.46. The molecule has 4 aromatic rings. The number of thiazole rings is 1. The molecule has 7 nitrogen and oxygen atoms in total. The van der Waals surface area contributed by atoms with Crippen LogP contribution in [0.2, 0.25) is 5.02 Å². The van der Waals surface area contributed by atoms with Crippen LogP contribution in [0.4, 0.5) is 5.13 Å². The summed E-state index contributed by atoms with van der Waals surface area (Å²) in [5.41, 5.74) is 3.98. The second kappa shape index (κ2) is 11.5. The van der Waals surface area contributed by atoms with E-state index in [0.717, 1.165) is 16.8 Å². The Balaban J connectivity index is 1.35. The summed E-state index contributed by atoms with van der Waals surface area (Å²) in [7, 11) is 0. The lowest BCUT2D eigenvalue weighted by Gasteiger charge is -2.10. The van der Waals surface area contributed by atoms with Gasteiger partial charge in [-0.05, 0) is 37.6 Å². The van der Waals surface area contributed by atoms with Crippen molar-refractivity contribution < 1.29 is 9.53 Å². The molecule has 0 aliphatic heterocycles. The van der Waals surface area contributed by atoms with E-state index in [1.54, 1.807) is 12.1 Å². The van der Waals surface area contributed by atoms with E-state index in [1.165, 1.54) is 28.7 Å². The molecule has 0 spiro atoms. The molecule has 0 fully saturated rings. The van der Waals surface area contributed by atoms with Crippen LogP contribution in [0.15, 0.2) is 65.7 Å². The van der Waals surface area contributed by atoms with Gasteiger partial charge in [-0.1, -0.05) is 59.3 Å². The van der Waals surface area contributed by atoms with Crippen LogP contribution >= 0.6 is 34.7 Å². The van der Waals surface area contributed by atoms with E-state index >= 15 is 0 Å². The summed E-state index contributed by atoms with van der Waals surface area (Å²) >= 11 is 8.78. The van der Waals surface area contributed by atoms with Crippen molar-refractivity contribution in [3.63, 3.8) is 0 Å². The zero-order valence-electron chi connectivity index (χ0n) is 19.3. The van der Waals surface area contributed by atoms with Gasteiger partial charge < -0.3 is 10.1 Å². The number of amides is 1. The lowest BCUT2D eigenvalue weighted by molar-refractivity contribution is -0.113. The van der Waals surface area contributed by atoms with Crippen LogP contribution in [0, 0.1) is 13.8 Å². The third kappa shape index (κ3) is 6.50. The molecule has 2 aromatic carbocycles. The lowest BCUT2D eigenvalue weighted by atomic mass is 10.1. The predicted molar refractivity (Wildman–Crippen MR) is 142 cm³/mol. The molecule has 0 aliphatic carbocycles. The van der Waals surface area contributed by atoms with Crippen LogP contribution in [-0.4, -0.2) is 31.4 Å². The number of nitrogens with zero attached hydrogens (tertiary/aromatic N) is 4. The first-order valence-corrected chi connectivity index (χ1v) is 13.0. The van der Waals surface area contributed by atoms with Crippen molar-refractivity contribution in [3.05, 3.63) is 82.5 Å². The van der Waals surface area contributed by atoms with E-state index in [-0.39, 0.29) is 18.3 Å². The number of allylic oxidation sites excluding steroid dienone is 1. The molecule has 35 heavy (non-hydrogen) atoms. The van der Waals surface area contributed by atoms with E-state index in [0.29, 0.717) is 33.4 Å². The third-order valence-electron chi connectivity index (χ3n) is 5.03. The van der Waals surface area contributed by atoms with E-state index in [4.69, 9.17) is 16.3 Å². The Morgan fingerprint density at radius 2 is 2.03 bits per heavy atom. The van der Waals surface area contributed by atoms with Crippen molar-refractivity contribution in [2.75, 3.05) is 11.1 Å². The Kier molecular flexibility index (Phi) is 8.22. The second-order valence-corrected chi connectivity index (χ2v) is 9.95. The fraction of sp³-hybridized carbons (Fsp3) is 0.200. The van der Waals surface area contributed by atoms with Crippen molar-refractivity contribution in [2.45, 2.75) is 32.2 Å². The van der Waals surface area contributed by atoms with Crippen molar-refractivity contribution in [1.29, 1.82) is 0 Å². The fourth-order valence-electron chi connectivity index (χ4n) is 3.17. The summed E-state index contributed by atoms with van der Waals surface area (Å²) in [6.07, 6.45) is 1.76. The Labute approximate surface area is 217 Å². The van der Waals surface area contributed by atoms with Crippen molar-refractivity contribution in [2.24, 2.45) is 0 Å². The van der Waals surface area contributed by atoms with Crippen LogP contribution in [0.1, 0.15) is 17.0 Å². The van der Waals surface area contributed by atoms with Crippen LogP contribution in [-0.2, 0) is 17.9 Å². The average molecular weight is 526 g/mol. The molecule has 4 rings (SSSR count). The first-order chi connectivity index (χ1) is 16.9. The first-order valence-electron chi connectivity index (χ1n) is 10.8. The van der Waals surface area contributed by atoms with Gasteiger partial charge in [0.25, 0.3) is 0 Å². The normalized spacial score (nSPS) is 10.8. The number of hydrogen-bond acceptors (Lipinski definition) is 7. The maximum atomic E-state index is 12.5. The number of carbonyl (C=O) groups is 1. The van der Waals surface area contributed by atoms with E-state index in [9.17, 15) is 4.79 Å². The number of ether oxygens (including phenoxy) is 1. The topological polar surface area (TPSA) is 81.9 Å². The summed E-state index contributed by atoms with van der Waals surface area (Å²) in [5.74, 6) is 1.35. The Morgan fingerprint density at radius 3 is 2.77 bits per heavy atom. The van der Waals surface area contributed by atoms with Gasteiger partial charge >= 0.3 is 0 Å². The minimum atomic E-state index is -0.164. The molecule has 0 bridgehead atoms. The van der Waals surface area contributed by atoms with Gasteiger partial charge in [0, 0.05) is 22.5 Å². The van der Waals surface area contributed by atoms with Crippen LogP contribution in [0.3, 0.4) is 0 Å². The highest BCUT2D eigenvalue weighted by atomic mass is 35.5. The van der Waals surface area contributed by atoms with Crippen molar-refractivity contribution >= 4 is 45.7 Å². The molecule has 0 radical (unpaired) electrons. The molecule has 0 saturated heterocycles. The van der Waals surface area contributed by atoms with Gasteiger partial charge in [0.15, 0.2) is 16.1 Å². The Hall–Kier alpha value is -3.14. The van der Waals surface area contributed by atoms with E-state index in [1.807, 2.05) is 60.2 Å². The number of halogens is 1.